The third kappa shape index (κ3) is 2.05. The first-order valence-electron chi connectivity index (χ1n) is 6.70. The molecule has 0 spiro atoms. The summed E-state index contributed by atoms with van der Waals surface area (Å²) in [7, 11) is -2.20. The van der Waals surface area contributed by atoms with Crippen molar-refractivity contribution in [3.63, 3.8) is 0 Å². The third-order valence-electron chi connectivity index (χ3n) is 3.63. The maximum Gasteiger partial charge on any atom is 0.283 e. The minimum atomic E-state index is -3.80. The number of nitrogens with zero attached hydrogens (tertiary/aromatic N) is 3. The van der Waals surface area contributed by atoms with Gasteiger partial charge in [-0.15, -0.1) is 0 Å². The van der Waals surface area contributed by atoms with Gasteiger partial charge in [0.2, 0.25) is 0 Å². The summed E-state index contributed by atoms with van der Waals surface area (Å²) >= 11 is 0. The van der Waals surface area contributed by atoms with Crippen LogP contribution in [0.2, 0.25) is 0 Å². The van der Waals surface area contributed by atoms with Crippen molar-refractivity contribution in [3.05, 3.63) is 58.0 Å². The van der Waals surface area contributed by atoms with E-state index in [2.05, 4.69) is 5.10 Å². The van der Waals surface area contributed by atoms with E-state index in [1.54, 1.807) is 38.2 Å². The van der Waals surface area contributed by atoms with Gasteiger partial charge in [0.1, 0.15) is 5.52 Å². The number of rotatable bonds is 2. The van der Waals surface area contributed by atoms with Crippen molar-refractivity contribution in [2.75, 3.05) is 0 Å². The van der Waals surface area contributed by atoms with E-state index in [9.17, 15) is 13.2 Å². The van der Waals surface area contributed by atoms with Crippen molar-refractivity contribution in [2.24, 2.45) is 7.05 Å². The van der Waals surface area contributed by atoms with Crippen molar-refractivity contribution in [3.8, 4) is 0 Å². The van der Waals surface area contributed by atoms with E-state index >= 15 is 0 Å². The van der Waals surface area contributed by atoms with Gasteiger partial charge in [0.15, 0.2) is 0 Å². The molecule has 0 saturated carbocycles. The van der Waals surface area contributed by atoms with Crippen LogP contribution in [0.15, 0.2) is 46.1 Å². The van der Waals surface area contributed by atoms with Crippen LogP contribution in [0.5, 0.6) is 0 Å². The normalized spacial score (nSPS) is 12.0. The van der Waals surface area contributed by atoms with E-state index in [0.29, 0.717) is 16.7 Å². The molecule has 6 nitrogen and oxygen atoms in total. The summed E-state index contributed by atoms with van der Waals surface area (Å²) in [4.78, 5) is 11.9. The second kappa shape index (κ2) is 4.81. The molecule has 0 aliphatic carbocycles. The first-order valence-corrected chi connectivity index (χ1v) is 8.14. The van der Waals surface area contributed by atoms with Gasteiger partial charge in [0.25, 0.3) is 15.6 Å². The van der Waals surface area contributed by atoms with Gasteiger partial charge in [-0.3, -0.25) is 4.79 Å². The van der Waals surface area contributed by atoms with Crippen LogP contribution in [0.1, 0.15) is 11.3 Å². The number of aromatic nitrogens is 3. The summed E-state index contributed by atoms with van der Waals surface area (Å²) < 4.78 is 28.0. The van der Waals surface area contributed by atoms with E-state index in [0.717, 1.165) is 9.65 Å². The van der Waals surface area contributed by atoms with Gasteiger partial charge in [-0.1, -0.05) is 17.7 Å². The average molecular weight is 317 g/mol. The minimum absolute atomic E-state index is 0.163. The van der Waals surface area contributed by atoms with Crippen LogP contribution in [0.25, 0.3) is 11.0 Å². The first-order chi connectivity index (χ1) is 10.3. The molecule has 0 amide bonds. The van der Waals surface area contributed by atoms with Crippen LogP contribution in [-0.2, 0) is 17.1 Å². The summed E-state index contributed by atoms with van der Waals surface area (Å²) in [6, 6.07) is 9.40. The molecule has 114 valence electrons. The molecule has 0 aliphatic rings. The summed E-state index contributed by atoms with van der Waals surface area (Å²) in [6.45, 7) is 3.57. The maximum absolute atomic E-state index is 12.8. The Labute approximate surface area is 127 Å². The van der Waals surface area contributed by atoms with Gasteiger partial charge in [0.05, 0.1) is 16.1 Å². The topological polar surface area (TPSA) is 74.0 Å². The van der Waals surface area contributed by atoms with E-state index in [1.165, 1.54) is 16.7 Å². The number of fused-ring (bicyclic) bond motifs is 1. The molecule has 0 atom stereocenters. The lowest BCUT2D eigenvalue weighted by atomic mass is 10.2. The molecule has 2 aromatic heterocycles. The molecule has 7 heteroatoms. The Balaban J connectivity index is 2.33. The highest BCUT2D eigenvalue weighted by Gasteiger charge is 2.22. The quantitative estimate of drug-likeness (QED) is 0.719. The van der Waals surface area contributed by atoms with Crippen LogP contribution in [0.4, 0.5) is 0 Å². The maximum atomic E-state index is 12.8. The van der Waals surface area contributed by atoms with Crippen LogP contribution >= 0.6 is 0 Å². The Hall–Kier alpha value is -2.41. The van der Waals surface area contributed by atoms with Gasteiger partial charge in [-0.2, -0.15) is 17.6 Å². The molecule has 0 bridgehead atoms. The summed E-state index contributed by atoms with van der Waals surface area (Å²) in [5.74, 6) is 0. The summed E-state index contributed by atoms with van der Waals surface area (Å²) in [5, 5.41) is 4.13. The number of hydrogen-bond acceptors (Lipinski definition) is 4. The van der Waals surface area contributed by atoms with Crippen molar-refractivity contribution >= 4 is 21.1 Å². The molecular formula is C15H15N3O3S. The lowest BCUT2D eigenvalue weighted by Gasteiger charge is -2.06. The van der Waals surface area contributed by atoms with E-state index in [-0.39, 0.29) is 10.5 Å². The van der Waals surface area contributed by atoms with Gasteiger partial charge in [-0.25, -0.2) is 0 Å². The fourth-order valence-electron chi connectivity index (χ4n) is 2.44. The summed E-state index contributed by atoms with van der Waals surface area (Å²) in [6.07, 6.45) is 0. The Morgan fingerprint density at radius 3 is 2.27 bits per heavy atom. The molecule has 0 unspecified atom stereocenters. The average Bonchev–Trinajstić information content (AvgIpc) is 2.82. The van der Waals surface area contributed by atoms with Crippen LogP contribution in [-0.4, -0.2) is 22.2 Å². The predicted octanol–water partition coefficient (Wildman–Crippen LogP) is 1.59. The van der Waals surface area contributed by atoms with Gasteiger partial charge in [-0.05, 0) is 32.0 Å². The zero-order chi connectivity index (χ0) is 16.1. The van der Waals surface area contributed by atoms with Gasteiger partial charge < -0.3 is 4.57 Å². The van der Waals surface area contributed by atoms with Crippen molar-refractivity contribution in [1.82, 2.24) is 13.8 Å². The van der Waals surface area contributed by atoms with E-state index in [1.807, 2.05) is 6.92 Å². The zero-order valence-corrected chi connectivity index (χ0v) is 13.3. The van der Waals surface area contributed by atoms with Gasteiger partial charge >= 0.3 is 0 Å². The predicted molar refractivity (Wildman–Crippen MR) is 83.5 cm³/mol. The largest absolute Gasteiger partial charge is 0.308 e. The Morgan fingerprint density at radius 2 is 1.64 bits per heavy atom. The van der Waals surface area contributed by atoms with Gasteiger partial charge in [0, 0.05) is 13.1 Å². The molecular weight excluding hydrogens is 302 g/mol. The standard InChI is InChI=1S/C15H15N3O3S/c1-10-4-6-12(7-5-10)22(20,21)18-13-8-9-14(19)17(3)15(13)11(2)16-18/h4-9H,1-3H3. The SMILES string of the molecule is Cc1ccc(S(=O)(=O)n2nc(C)c3c2ccc(=O)n3C)cc1. The number of aryl methyl sites for hydroxylation is 3. The highest BCUT2D eigenvalue weighted by Crippen LogP contribution is 2.21. The fraction of sp³-hybridized carbons (Fsp3) is 0.200. The lowest BCUT2D eigenvalue weighted by Crippen LogP contribution is -2.17. The number of pyridine rings is 1. The van der Waals surface area contributed by atoms with Crippen LogP contribution in [0, 0.1) is 13.8 Å². The van der Waals surface area contributed by atoms with Crippen LogP contribution in [0.3, 0.4) is 0 Å². The molecule has 2 heterocycles. The highest BCUT2D eigenvalue weighted by molar-refractivity contribution is 7.90. The monoisotopic (exact) mass is 317 g/mol. The fourth-order valence-corrected chi connectivity index (χ4v) is 3.75. The second-order valence-electron chi connectivity index (χ2n) is 5.21. The molecule has 3 aromatic rings. The minimum Gasteiger partial charge on any atom is -0.308 e. The Bertz CT molecular complexity index is 1030. The smallest absolute Gasteiger partial charge is 0.283 e. The zero-order valence-electron chi connectivity index (χ0n) is 12.4. The third-order valence-corrected chi connectivity index (χ3v) is 5.23. The molecule has 0 aliphatic heterocycles. The van der Waals surface area contributed by atoms with E-state index in [4.69, 9.17) is 0 Å². The molecule has 0 saturated heterocycles. The van der Waals surface area contributed by atoms with Crippen molar-refractivity contribution < 1.29 is 8.42 Å². The second-order valence-corrected chi connectivity index (χ2v) is 6.98. The first kappa shape index (κ1) is 14.5. The molecule has 1 aromatic carbocycles. The molecule has 0 fully saturated rings. The molecule has 0 N–H and O–H groups in total. The Kier molecular flexibility index (Phi) is 3.17. The van der Waals surface area contributed by atoms with Crippen molar-refractivity contribution in [1.29, 1.82) is 0 Å². The molecule has 3 rings (SSSR count). The lowest BCUT2D eigenvalue weighted by molar-refractivity contribution is 0.582. The van der Waals surface area contributed by atoms with Crippen molar-refractivity contribution in [2.45, 2.75) is 18.7 Å². The summed E-state index contributed by atoms with van der Waals surface area (Å²) in [5.41, 5.74) is 2.17. The Morgan fingerprint density at radius 1 is 1.00 bits per heavy atom. The number of benzene rings is 1. The number of hydrogen-bond donors (Lipinski definition) is 0. The van der Waals surface area contributed by atoms with E-state index < -0.39 is 10.0 Å². The molecule has 0 radical (unpaired) electrons. The molecule has 22 heavy (non-hydrogen) atoms. The van der Waals surface area contributed by atoms with Crippen LogP contribution < -0.4 is 5.56 Å². The highest BCUT2D eigenvalue weighted by atomic mass is 32.2.